The minimum Gasteiger partial charge on any atom is -0.326 e. The lowest BCUT2D eigenvalue weighted by atomic mass is 9.93. The van der Waals surface area contributed by atoms with Gasteiger partial charge in [0.1, 0.15) is 11.9 Å². The highest BCUT2D eigenvalue weighted by molar-refractivity contribution is 5.98. The zero-order chi connectivity index (χ0) is 17.3. The highest BCUT2D eigenvalue weighted by Crippen LogP contribution is 2.25. The minimum atomic E-state index is -0.568. The van der Waals surface area contributed by atoms with Crippen molar-refractivity contribution in [2.75, 3.05) is 5.32 Å². The number of anilines is 1. The Hall–Kier alpha value is -2.69. The number of hydrogen-bond acceptors (Lipinski definition) is 2. The lowest BCUT2D eigenvalue weighted by Crippen LogP contribution is -2.50. The summed E-state index contributed by atoms with van der Waals surface area (Å²) < 4.78 is 13.2. The summed E-state index contributed by atoms with van der Waals surface area (Å²) in [7, 11) is 0. The average Bonchev–Trinajstić information content (AvgIpc) is 2.56. The molecule has 2 aromatic rings. The van der Waals surface area contributed by atoms with E-state index in [2.05, 4.69) is 5.32 Å². The third-order valence-corrected chi connectivity index (χ3v) is 4.40. The number of nitrogens with one attached hydrogen (secondary N) is 1. The standard InChI is InChI=1S/C19H19FN2O2/c1-12-9-16(20)7-8-17(12)21-19(24)18-10-14-5-3-4-6-15(14)11-22(18)13(2)23/h3-9,18H,10-11H2,1-2H3,(H,21,24)/t18-/m0/s1. The first-order valence-electron chi connectivity index (χ1n) is 7.86. The van der Waals surface area contributed by atoms with E-state index in [1.165, 1.54) is 25.1 Å². The summed E-state index contributed by atoms with van der Waals surface area (Å²) in [6.07, 6.45) is 0.474. The average molecular weight is 326 g/mol. The van der Waals surface area contributed by atoms with Gasteiger partial charge in [-0.15, -0.1) is 0 Å². The van der Waals surface area contributed by atoms with Crippen LogP contribution in [0.4, 0.5) is 10.1 Å². The Labute approximate surface area is 140 Å². The molecular formula is C19H19FN2O2. The van der Waals surface area contributed by atoms with Crippen molar-refractivity contribution < 1.29 is 14.0 Å². The highest BCUT2D eigenvalue weighted by atomic mass is 19.1. The maximum atomic E-state index is 13.2. The van der Waals surface area contributed by atoms with Crippen molar-refractivity contribution in [1.82, 2.24) is 4.90 Å². The molecule has 0 spiro atoms. The zero-order valence-corrected chi connectivity index (χ0v) is 13.7. The maximum Gasteiger partial charge on any atom is 0.247 e. The van der Waals surface area contributed by atoms with E-state index in [9.17, 15) is 14.0 Å². The molecule has 0 bridgehead atoms. The van der Waals surface area contributed by atoms with Crippen LogP contribution in [-0.2, 0) is 22.6 Å². The Morgan fingerprint density at radius 2 is 1.88 bits per heavy atom. The normalized spacial score (nSPS) is 16.5. The Balaban J connectivity index is 1.85. The van der Waals surface area contributed by atoms with Crippen LogP contribution in [-0.4, -0.2) is 22.8 Å². The van der Waals surface area contributed by atoms with Crippen LogP contribution >= 0.6 is 0 Å². The quantitative estimate of drug-likeness (QED) is 0.922. The summed E-state index contributed by atoms with van der Waals surface area (Å²) in [5, 5.41) is 2.82. The van der Waals surface area contributed by atoms with Gasteiger partial charge in [0.2, 0.25) is 11.8 Å². The number of hydrogen-bond donors (Lipinski definition) is 1. The molecule has 0 aliphatic carbocycles. The molecule has 0 saturated carbocycles. The van der Waals surface area contributed by atoms with Crippen molar-refractivity contribution in [3.05, 3.63) is 65.0 Å². The number of rotatable bonds is 2. The van der Waals surface area contributed by atoms with E-state index in [0.717, 1.165) is 11.1 Å². The molecule has 1 aliphatic heterocycles. The van der Waals surface area contributed by atoms with Crippen molar-refractivity contribution in [2.45, 2.75) is 32.9 Å². The Bertz CT molecular complexity index is 804. The number of carbonyl (C=O) groups excluding carboxylic acids is 2. The Morgan fingerprint density at radius 1 is 1.17 bits per heavy atom. The van der Waals surface area contributed by atoms with Gasteiger partial charge >= 0.3 is 0 Å². The first kappa shape index (κ1) is 16.2. The second kappa shape index (κ2) is 6.43. The molecular weight excluding hydrogens is 307 g/mol. The van der Waals surface area contributed by atoms with E-state index in [-0.39, 0.29) is 17.6 Å². The highest BCUT2D eigenvalue weighted by Gasteiger charge is 2.33. The maximum absolute atomic E-state index is 13.2. The topological polar surface area (TPSA) is 49.4 Å². The molecule has 2 aromatic carbocycles. The lowest BCUT2D eigenvalue weighted by molar-refractivity contribution is -0.138. The van der Waals surface area contributed by atoms with Gasteiger partial charge in [-0.25, -0.2) is 4.39 Å². The number of fused-ring (bicyclic) bond motifs is 1. The molecule has 24 heavy (non-hydrogen) atoms. The molecule has 124 valence electrons. The molecule has 1 heterocycles. The zero-order valence-electron chi connectivity index (χ0n) is 13.7. The van der Waals surface area contributed by atoms with Crippen molar-refractivity contribution >= 4 is 17.5 Å². The largest absolute Gasteiger partial charge is 0.326 e. The van der Waals surface area contributed by atoms with Crippen LogP contribution in [0.25, 0.3) is 0 Å². The van der Waals surface area contributed by atoms with Gasteiger partial charge < -0.3 is 10.2 Å². The van der Waals surface area contributed by atoms with Gasteiger partial charge in [-0.3, -0.25) is 9.59 Å². The fourth-order valence-electron chi connectivity index (χ4n) is 3.07. The molecule has 0 radical (unpaired) electrons. The third-order valence-electron chi connectivity index (χ3n) is 4.40. The third kappa shape index (κ3) is 3.15. The summed E-state index contributed by atoms with van der Waals surface area (Å²) in [6, 6.07) is 11.5. The van der Waals surface area contributed by atoms with E-state index in [1.54, 1.807) is 11.8 Å². The molecule has 4 nitrogen and oxygen atoms in total. The Morgan fingerprint density at radius 3 is 2.54 bits per heavy atom. The van der Waals surface area contributed by atoms with Crippen molar-refractivity contribution in [1.29, 1.82) is 0 Å². The van der Waals surface area contributed by atoms with Crippen LogP contribution in [0.5, 0.6) is 0 Å². The Kier molecular flexibility index (Phi) is 4.34. The van der Waals surface area contributed by atoms with Crippen LogP contribution in [0, 0.1) is 12.7 Å². The molecule has 2 amide bonds. The summed E-state index contributed by atoms with van der Waals surface area (Å²) in [5.74, 6) is -0.739. The number of nitrogens with zero attached hydrogens (tertiary/aromatic N) is 1. The fraction of sp³-hybridized carbons (Fsp3) is 0.263. The predicted molar refractivity (Wildman–Crippen MR) is 89.9 cm³/mol. The molecule has 3 rings (SSSR count). The molecule has 0 unspecified atom stereocenters. The van der Waals surface area contributed by atoms with Gasteiger partial charge in [0.15, 0.2) is 0 Å². The van der Waals surface area contributed by atoms with Gasteiger partial charge in [0.25, 0.3) is 0 Å². The number of benzene rings is 2. The van der Waals surface area contributed by atoms with Gasteiger partial charge in [0, 0.05) is 25.6 Å². The van der Waals surface area contributed by atoms with Gasteiger partial charge in [-0.05, 0) is 41.8 Å². The molecule has 1 aliphatic rings. The molecule has 1 atom stereocenters. The van der Waals surface area contributed by atoms with Crippen LogP contribution in [0.1, 0.15) is 23.6 Å². The van der Waals surface area contributed by atoms with Crippen molar-refractivity contribution in [2.24, 2.45) is 0 Å². The van der Waals surface area contributed by atoms with Crippen LogP contribution < -0.4 is 5.32 Å². The van der Waals surface area contributed by atoms with Crippen LogP contribution in [0.3, 0.4) is 0 Å². The summed E-state index contributed by atoms with van der Waals surface area (Å²) in [4.78, 5) is 26.3. The molecule has 0 saturated heterocycles. The monoisotopic (exact) mass is 326 g/mol. The smallest absolute Gasteiger partial charge is 0.247 e. The van der Waals surface area contributed by atoms with Gasteiger partial charge in [-0.2, -0.15) is 0 Å². The first-order valence-corrected chi connectivity index (χ1v) is 7.86. The SMILES string of the molecule is CC(=O)N1Cc2ccccc2C[C@H]1C(=O)Nc1ccc(F)cc1C. The lowest BCUT2D eigenvalue weighted by Gasteiger charge is -2.35. The van der Waals surface area contributed by atoms with E-state index >= 15 is 0 Å². The second-order valence-electron chi connectivity index (χ2n) is 6.08. The van der Waals surface area contributed by atoms with Gasteiger partial charge in [-0.1, -0.05) is 24.3 Å². The van der Waals surface area contributed by atoms with E-state index in [1.807, 2.05) is 24.3 Å². The summed E-state index contributed by atoms with van der Waals surface area (Å²) >= 11 is 0. The van der Waals surface area contributed by atoms with E-state index in [0.29, 0.717) is 24.2 Å². The predicted octanol–water partition coefficient (Wildman–Crippen LogP) is 3.05. The first-order chi connectivity index (χ1) is 11.5. The molecule has 5 heteroatoms. The number of carbonyl (C=O) groups is 2. The van der Waals surface area contributed by atoms with E-state index < -0.39 is 6.04 Å². The summed E-state index contributed by atoms with van der Waals surface area (Å²) in [6.45, 7) is 3.63. The number of aryl methyl sites for hydroxylation is 1. The number of halogens is 1. The summed E-state index contributed by atoms with van der Waals surface area (Å²) in [5.41, 5.74) is 3.35. The van der Waals surface area contributed by atoms with Crippen molar-refractivity contribution in [3.63, 3.8) is 0 Å². The van der Waals surface area contributed by atoms with Crippen molar-refractivity contribution in [3.8, 4) is 0 Å². The second-order valence-corrected chi connectivity index (χ2v) is 6.08. The van der Waals surface area contributed by atoms with Gasteiger partial charge in [0.05, 0.1) is 0 Å². The van der Waals surface area contributed by atoms with Crippen LogP contribution in [0.2, 0.25) is 0 Å². The number of amides is 2. The van der Waals surface area contributed by atoms with Crippen LogP contribution in [0.15, 0.2) is 42.5 Å². The molecule has 1 N–H and O–H groups in total. The molecule has 0 fully saturated rings. The molecule has 0 aromatic heterocycles. The fourth-order valence-corrected chi connectivity index (χ4v) is 3.07. The minimum absolute atomic E-state index is 0.138. The van der Waals surface area contributed by atoms with E-state index in [4.69, 9.17) is 0 Å².